The fourth-order valence-electron chi connectivity index (χ4n) is 2.49. The number of aryl methyl sites for hydroxylation is 1. The fourth-order valence-corrected chi connectivity index (χ4v) is 2.72. The molecule has 3 heteroatoms. The van der Waals surface area contributed by atoms with E-state index in [2.05, 4.69) is 0 Å². The van der Waals surface area contributed by atoms with Crippen molar-refractivity contribution in [3.63, 3.8) is 0 Å². The van der Waals surface area contributed by atoms with Crippen LogP contribution in [-0.4, -0.2) is 5.78 Å². The third-order valence-corrected chi connectivity index (χ3v) is 3.88. The van der Waals surface area contributed by atoms with Crippen LogP contribution in [0.4, 0.5) is 4.39 Å². The third-order valence-electron chi connectivity index (χ3n) is 3.55. The molecule has 0 bridgehead atoms. The molecule has 0 radical (unpaired) electrons. The number of halogens is 2. The van der Waals surface area contributed by atoms with Crippen LogP contribution < -0.4 is 0 Å². The normalized spacial score (nSPS) is 10.8. The molecule has 3 aromatic carbocycles. The minimum Gasteiger partial charge on any atom is -0.289 e. The van der Waals surface area contributed by atoms with Crippen LogP contribution >= 0.6 is 11.6 Å². The third kappa shape index (κ3) is 2.43. The SMILES string of the molecule is Cc1cc(F)ccc1C(=O)c1ccc(Cl)c2ccccc12. The Bertz CT molecular complexity index is 855. The fraction of sp³-hybridized carbons (Fsp3) is 0.0556. The van der Waals surface area contributed by atoms with Crippen molar-refractivity contribution in [1.29, 1.82) is 0 Å². The summed E-state index contributed by atoms with van der Waals surface area (Å²) in [6, 6.07) is 15.1. The summed E-state index contributed by atoms with van der Waals surface area (Å²) in [5.74, 6) is -0.467. The standard InChI is InChI=1S/C18H12ClFO/c1-11-10-12(20)6-7-13(11)18(21)16-8-9-17(19)15-5-3-2-4-14(15)16/h2-10H,1H3. The van der Waals surface area contributed by atoms with Gasteiger partial charge in [-0.2, -0.15) is 0 Å². The van der Waals surface area contributed by atoms with Crippen molar-refractivity contribution >= 4 is 28.2 Å². The molecule has 0 aliphatic rings. The molecule has 0 saturated heterocycles. The van der Waals surface area contributed by atoms with Crippen molar-refractivity contribution in [2.24, 2.45) is 0 Å². The monoisotopic (exact) mass is 298 g/mol. The predicted molar refractivity (Wildman–Crippen MR) is 83.5 cm³/mol. The number of benzene rings is 3. The van der Waals surface area contributed by atoms with E-state index in [0.717, 1.165) is 10.8 Å². The lowest BCUT2D eigenvalue weighted by Crippen LogP contribution is -2.05. The number of carbonyl (C=O) groups excluding carboxylic acids is 1. The summed E-state index contributed by atoms with van der Waals surface area (Å²) in [4.78, 5) is 12.7. The lowest BCUT2D eigenvalue weighted by Gasteiger charge is -2.09. The summed E-state index contributed by atoms with van der Waals surface area (Å²) in [6.45, 7) is 1.73. The number of hydrogen-bond donors (Lipinski definition) is 0. The summed E-state index contributed by atoms with van der Waals surface area (Å²) in [5, 5.41) is 2.25. The maximum atomic E-state index is 13.2. The first kappa shape index (κ1) is 13.8. The van der Waals surface area contributed by atoms with Gasteiger partial charge in [-0.05, 0) is 48.2 Å². The van der Waals surface area contributed by atoms with Gasteiger partial charge >= 0.3 is 0 Å². The molecule has 0 amide bonds. The van der Waals surface area contributed by atoms with Crippen molar-refractivity contribution in [2.75, 3.05) is 0 Å². The molecule has 0 spiro atoms. The van der Waals surface area contributed by atoms with Gasteiger partial charge in [0.25, 0.3) is 0 Å². The molecule has 21 heavy (non-hydrogen) atoms. The summed E-state index contributed by atoms with van der Waals surface area (Å²) in [6.07, 6.45) is 0. The van der Waals surface area contributed by atoms with Crippen molar-refractivity contribution in [1.82, 2.24) is 0 Å². The largest absolute Gasteiger partial charge is 0.289 e. The second-order valence-electron chi connectivity index (χ2n) is 4.93. The van der Waals surface area contributed by atoms with E-state index in [0.29, 0.717) is 21.7 Å². The molecule has 0 aliphatic heterocycles. The molecule has 3 aromatic rings. The molecule has 0 unspecified atom stereocenters. The van der Waals surface area contributed by atoms with Crippen LogP contribution in [0.2, 0.25) is 5.02 Å². The van der Waals surface area contributed by atoms with E-state index in [1.807, 2.05) is 24.3 Å². The van der Waals surface area contributed by atoms with E-state index in [1.165, 1.54) is 18.2 Å². The molecule has 0 N–H and O–H groups in total. The Morgan fingerprint density at radius 1 is 0.952 bits per heavy atom. The highest BCUT2D eigenvalue weighted by Gasteiger charge is 2.15. The lowest BCUT2D eigenvalue weighted by atomic mass is 9.95. The minimum atomic E-state index is -0.343. The molecule has 0 saturated carbocycles. The second-order valence-corrected chi connectivity index (χ2v) is 5.34. The molecule has 0 aliphatic carbocycles. The van der Waals surface area contributed by atoms with Gasteiger partial charge in [0, 0.05) is 21.5 Å². The van der Waals surface area contributed by atoms with Gasteiger partial charge in [0.2, 0.25) is 0 Å². The van der Waals surface area contributed by atoms with Gasteiger partial charge in [-0.3, -0.25) is 4.79 Å². The van der Waals surface area contributed by atoms with Crippen LogP contribution in [0.1, 0.15) is 21.5 Å². The number of rotatable bonds is 2. The van der Waals surface area contributed by atoms with Crippen LogP contribution in [0.25, 0.3) is 10.8 Å². The maximum Gasteiger partial charge on any atom is 0.193 e. The predicted octanol–water partition coefficient (Wildman–Crippen LogP) is 5.17. The topological polar surface area (TPSA) is 17.1 Å². The molecule has 0 fully saturated rings. The highest BCUT2D eigenvalue weighted by molar-refractivity contribution is 6.36. The van der Waals surface area contributed by atoms with E-state index >= 15 is 0 Å². The molecule has 104 valence electrons. The van der Waals surface area contributed by atoms with Gasteiger partial charge in [0.05, 0.1) is 0 Å². The number of hydrogen-bond acceptors (Lipinski definition) is 1. The van der Waals surface area contributed by atoms with Crippen LogP contribution in [0.3, 0.4) is 0 Å². The molecule has 1 nitrogen and oxygen atoms in total. The van der Waals surface area contributed by atoms with Crippen molar-refractivity contribution < 1.29 is 9.18 Å². The van der Waals surface area contributed by atoms with Gasteiger partial charge in [-0.1, -0.05) is 35.9 Å². The minimum absolute atomic E-state index is 0.125. The smallest absolute Gasteiger partial charge is 0.193 e. The summed E-state index contributed by atoms with van der Waals surface area (Å²) in [5.41, 5.74) is 1.70. The first-order chi connectivity index (χ1) is 10.1. The highest BCUT2D eigenvalue weighted by Crippen LogP contribution is 2.28. The van der Waals surface area contributed by atoms with Crippen molar-refractivity contribution in [2.45, 2.75) is 6.92 Å². The molecule has 3 rings (SSSR count). The highest BCUT2D eigenvalue weighted by atomic mass is 35.5. The van der Waals surface area contributed by atoms with E-state index in [1.54, 1.807) is 19.1 Å². The molecule has 0 heterocycles. The first-order valence-electron chi connectivity index (χ1n) is 6.56. The summed E-state index contributed by atoms with van der Waals surface area (Å²) >= 11 is 6.17. The zero-order chi connectivity index (χ0) is 15.0. The summed E-state index contributed by atoms with van der Waals surface area (Å²) < 4.78 is 13.2. The first-order valence-corrected chi connectivity index (χ1v) is 6.94. The Morgan fingerprint density at radius 3 is 2.33 bits per heavy atom. The van der Waals surface area contributed by atoms with Gasteiger partial charge in [-0.25, -0.2) is 4.39 Å². The molecular formula is C18H12ClFO. The number of fused-ring (bicyclic) bond motifs is 1. The average Bonchev–Trinajstić information content (AvgIpc) is 2.47. The van der Waals surface area contributed by atoms with E-state index < -0.39 is 0 Å². The number of ketones is 1. The van der Waals surface area contributed by atoms with E-state index in [4.69, 9.17) is 11.6 Å². The van der Waals surface area contributed by atoms with Gasteiger partial charge in [0.15, 0.2) is 5.78 Å². The van der Waals surface area contributed by atoms with Crippen molar-refractivity contribution in [3.8, 4) is 0 Å². The molecule has 0 atom stereocenters. The lowest BCUT2D eigenvalue weighted by molar-refractivity contribution is 0.103. The van der Waals surface area contributed by atoms with Gasteiger partial charge < -0.3 is 0 Å². The molecular weight excluding hydrogens is 287 g/mol. The van der Waals surface area contributed by atoms with Crippen LogP contribution in [-0.2, 0) is 0 Å². The van der Waals surface area contributed by atoms with Crippen LogP contribution in [0.15, 0.2) is 54.6 Å². The van der Waals surface area contributed by atoms with E-state index in [9.17, 15) is 9.18 Å². The Morgan fingerprint density at radius 2 is 1.62 bits per heavy atom. The van der Waals surface area contributed by atoms with E-state index in [-0.39, 0.29) is 11.6 Å². The maximum absolute atomic E-state index is 13.2. The van der Waals surface area contributed by atoms with Gasteiger partial charge in [0.1, 0.15) is 5.82 Å². The Labute approximate surface area is 127 Å². The molecule has 0 aromatic heterocycles. The number of carbonyl (C=O) groups is 1. The van der Waals surface area contributed by atoms with Crippen LogP contribution in [0.5, 0.6) is 0 Å². The Hall–Kier alpha value is -2.19. The average molecular weight is 299 g/mol. The second kappa shape index (κ2) is 5.30. The zero-order valence-corrected chi connectivity index (χ0v) is 12.1. The van der Waals surface area contributed by atoms with Crippen molar-refractivity contribution in [3.05, 3.63) is 82.1 Å². The Kier molecular flexibility index (Phi) is 3.48. The zero-order valence-electron chi connectivity index (χ0n) is 11.4. The summed E-state index contributed by atoms with van der Waals surface area (Å²) in [7, 11) is 0. The Balaban J connectivity index is 2.21. The van der Waals surface area contributed by atoms with Gasteiger partial charge in [-0.15, -0.1) is 0 Å². The quantitative estimate of drug-likeness (QED) is 0.596. The van der Waals surface area contributed by atoms with Crippen LogP contribution in [0, 0.1) is 12.7 Å².